The summed E-state index contributed by atoms with van der Waals surface area (Å²) in [5, 5.41) is 16.8. The second-order valence-electron chi connectivity index (χ2n) is 5.39. The van der Waals surface area contributed by atoms with Gasteiger partial charge in [0.1, 0.15) is 5.76 Å². The Morgan fingerprint density at radius 3 is 2.63 bits per heavy atom. The van der Waals surface area contributed by atoms with Crippen LogP contribution in [0.2, 0.25) is 5.02 Å². The van der Waals surface area contributed by atoms with E-state index in [0.29, 0.717) is 22.0 Å². The fourth-order valence-corrected chi connectivity index (χ4v) is 2.68. The average molecular weight is 402 g/mol. The highest BCUT2D eigenvalue weighted by Gasteiger charge is 2.15. The molecule has 27 heavy (non-hydrogen) atoms. The summed E-state index contributed by atoms with van der Waals surface area (Å²) < 4.78 is 5.49. The fraction of sp³-hybridized carbons (Fsp3) is 0. The molecule has 0 aliphatic rings. The summed E-state index contributed by atoms with van der Waals surface area (Å²) >= 11 is 11.0. The first-order valence-electron chi connectivity index (χ1n) is 7.65. The molecule has 0 atom stereocenters. The number of non-ortho nitro benzene ring substituents is 1. The third-order valence-corrected chi connectivity index (χ3v) is 3.92. The highest BCUT2D eigenvalue weighted by molar-refractivity contribution is 7.80. The third kappa shape index (κ3) is 4.69. The van der Waals surface area contributed by atoms with Crippen LogP contribution in [0.1, 0.15) is 10.6 Å². The molecule has 0 saturated carbocycles. The van der Waals surface area contributed by atoms with Crippen molar-refractivity contribution in [2.75, 3.05) is 5.32 Å². The van der Waals surface area contributed by atoms with Crippen molar-refractivity contribution in [3.8, 4) is 11.3 Å². The number of halogens is 1. The number of anilines is 1. The molecule has 0 unspecified atom stereocenters. The van der Waals surface area contributed by atoms with Crippen LogP contribution >= 0.6 is 23.8 Å². The van der Waals surface area contributed by atoms with Crippen LogP contribution in [0.15, 0.2) is 65.1 Å². The number of benzene rings is 2. The summed E-state index contributed by atoms with van der Waals surface area (Å²) in [6, 6.07) is 15.8. The number of carbonyl (C=O) groups is 1. The molecule has 0 aliphatic heterocycles. The minimum absolute atomic E-state index is 0.0201. The van der Waals surface area contributed by atoms with Crippen LogP contribution in [0.4, 0.5) is 11.4 Å². The number of nitro benzene ring substituents is 1. The van der Waals surface area contributed by atoms with Gasteiger partial charge in [-0.25, -0.2) is 0 Å². The van der Waals surface area contributed by atoms with E-state index in [0.717, 1.165) is 0 Å². The minimum atomic E-state index is -0.550. The van der Waals surface area contributed by atoms with Gasteiger partial charge in [-0.15, -0.1) is 0 Å². The number of hydrogen-bond acceptors (Lipinski definition) is 5. The van der Waals surface area contributed by atoms with Crippen molar-refractivity contribution in [2.45, 2.75) is 0 Å². The molecule has 3 aromatic rings. The largest absolute Gasteiger partial charge is 0.451 e. The molecule has 9 heteroatoms. The van der Waals surface area contributed by atoms with E-state index < -0.39 is 10.8 Å². The number of hydrogen-bond donors (Lipinski definition) is 2. The topological polar surface area (TPSA) is 97.4 Å². The molecule has 7 nitrogen and oxygen atoms in total. The first-order valence-corrected chi connectivity index (χ1v) is 8.43. The first kappa shape index (κ1) is 18.6. The molecule has 136 valence electrons. The van der Waals surface area contributed by atoms with Crippen LogP contribution < -0.4 is 10.6 Å². The van der Waals surface area contributed by atoms with E-state index in [4.69, 9.17) is 28.2 Å². The van der Waals surface area contributed by atoms with Gasteiger partial charge in [-0.2, -0.15) is 0 Å². The number of amides is 1. The molecule has 0 spiro atoms. The number of nitro groups is 1. The normalized spacial score (nSPS) is 10.3. The molecule has 0 aliphatic carbocycles. The molecular weight excluding hydrogens is 390 g/mol. The van der Waals surface area contributed by atoms with Crippen molar-refractivity contribution in [1.29, 1.82) is 0 Å². The predicted octanol–water partition coefficient (Wildman–Crippen LogP) is 4.64. The quantitative estimate of drug-likeness (QED) is 0.375. The molecule has 3 rings (SSSR count). The monoisotopic (exact) mass is 401 g/mol. The lowest BCUT2D eigenvalue weighted by Crippen LogP contribution is -2.33. The Bertz CT molecular complexity index is 1030. The van der Waals surface area contributed by atoms with Gasteiger partial charge in [-0.3, -0.25) is 20.2 Å². The van der Waals surface area contributed by atoms with Gasteiger partial charge in [0.15, 0.2) is 10.9 Å². The van der Waals surface area contributed by atoms with E-state index in [1.54, 1.807) is 42.5 Å². The van der Waals surface area contributed by atoms with Crippen molar-refractivity contribution >= 4 is 46.2 Å². The summed E-state index contributed by atoms with van der Waals surface area (Å²) in [5.41, 5.74) is 1.05. The highest BCUT2D eigenvalue weighted by Crippen LogP contribution is 2.25. The van der Waals surface area contributed by atoms with Gasteiger partial charge < -0.3 is 9.73 Å². The SMILES string of the molecule is O=C(NC(=S)Nc1cccc(Cl)c1)c1ccc(-c2cccc([N+](=O)[O-])c2)o1. The third-order valence-electron chi connectivity index (χ3n) is 3.48. The van der Waals surface area contributed by atoms with Crippen LogP contribution in [0.25, 0.3) is 11.3 Å². The van der Waals surface area contributed by atoms with E-state index in [1.165, 1.54) is 18.2 Å². The molecule has 0 radical (unpaired) electrons. The second-order valence-corrected chi connectivity index (χ2v) is 6.23. The number of nitrogens with one attached hydrogen (secondary N) is 2. The lowest BCUT2D eigenvalue weighted by molar-refractivity contribution is -0.384. The zero-order chi connectivity index (χ0) is 19.4. The number of rotatable bonds is 4. The lowest BCUT2D eigenvalue weighted by Gasteiger charge is -2.08. The number of thiocarbonyl (C=S) groups is 1. The Hall–Kier alpha value is -3.23. The van der Waals surface area contributed by atoms with Crippen LogP contribution in [-0.4, -0.2) is 15.9 Å². The Morgan fingerprint density at radius 2 is 1.89 bits per heavy atom. The summed E-state index contributed by atoms with van der Waals surface area (Å²) in [7, 11) is 0. The number of furan rings is 1. The molecular formula is C18H12ClN3O4S. The maximum Gasteiger partial charge on any atom is 0.293 e. The van der Waals surface area contributed by atoms with Crippen molar-refractivity contribution < 1.29 is 14.1 Å². The molecule has 1 heterocycles. The maximum absolute atomic E-state index is 12.3. The second kappa shape index (κ2) is 7.98. The average Bonchev–Trinajstić information content (AvgIpc) is 3.12. The summed E-state index contributed by atoms with van der Waals surface area (Å²) in [6.07, 6.45) is 0. The van der Waals surface area contributed by atoms with E-state index in [9.17, 15) is 14.9 Å². The van der Waals surface area contributed by atoms with E-state index in [1.807, 2.05) is 0 Å². The predicted molar refractivity (Wildman–Crippen MR) is 106 cm³/mol. The Labute approximate surface area is 164 Å². The summed E-state index contributed by atoms with van der Waals surface area (Å²) in [4.78, 5) is 22.6. The Morgan fingerprint density at radius 1 is 1.11 bits per heavy atom. The Kier molecular flexibility index (Phi) is 5.49. The zero-order valence-electron chi connectivity index (χ0n) is 13.6. The Balaban J connectivity index is 1.69. The van der Waals surface area contributed by atoms with Crippen LogP contribution in [-0.2, 0) is 0 Å². The van der Waals surface area contributed by atoms with Crippen LogP contribution in [0.3, 0.4) is 0 Å². The number of nitrogens with zero attached hydrogens (tertiary/aromatic N) is 1. The van der Waals surface area contributed by atoms with Crippen molar-refractivity contribution in [2.24, 2.45) is 0 Å². The molecule has 2 aromatic carbocycles. The van der Waals surface area contributed by atoms with Crippen molar-refractivity contribution in [3.63, 3.8) is 0 Å². The molecule has 1 amide bonds. The summed E-state index contributed by atoms with van der Waals surface area (Å²) in [6.45, 7) is 0. The molecule has 0 saturated heterocycles. The van der Waals surface area contributed by atoms with E-state index >= 15 is 0 Å². The maximum atomic E-state index is 12.3. The van der Waals surface area contributed by atoms with Gasteiger partial charge in [0.05, 0.1) is 4.92 Å². The first-order chi connectivity index (χ1) is 12.9. The van der Waals surface area contributed by atoms with Crippen molar-refractivity contribution in [1.82, 2.24) is 5.32 Å². The fourth-order valence-electron chi connectivity index (χ4n) is 2.28. The van der Waals surface area contributed by atoms with E-state index in [2.05, 4.69) is 10.6 Å². The van der Waals surface area contributed by atoms with Gasteiger partial charge in [0, 0.05) is 28.4 Å². The van der Waals surface area contributed by atoms with E-state index in [-0.39, 0.29) is 16.6 Å². The lowest BCUT2D eigenvalue weighted by atomic mass is 10.1. The molecule has 1 aromatic heterocycles. The smallest absolute Gasteiger partial charge is 0.293 e. The van der Waals surface area contributed by atoms with Crippen LogP contribution in [0.5, 0.6) is 0 Å². The zero-order valence-corrected chi connectivity index (χ0v) is 15.2. The van der Waals surface area contributed by atoms with Gasteiger partial charge in [0.25, 0.3) is 11.6 Å². The molecule has 0 bridgehead atoms. The minimum Gasteiger partial charge on any atom is -0.451 e. The van der Waals surface area contributed by atoms with Crippen molar-refractivity contribution in [3.05, 3.63) is 81.6 Å². The van der Waals surface area contributed by atoms with Gasteiger partial charge in [0.2, 0.25) is 0 Å². The van der Waals surface area contributed by atoms with Gasteiger partial charge in [-0.05, 0) is 42.5 Å². The summed E-state index contributed by atoms with van der Waals surface area (Å²) in [5.74, 6) is -0.199. The molecule has 0 fully saturated rings. The van der Waals surface area contributed by atoms with Gasteiger partial charge in [-0.1, -0.05) is 29.8 Å². The molecule has 2 N–H and O–H groups in total. The number of carbonyl (C=O) groups excluding carboxylic acids is 1. The van der Waals surface area contributed by atoms with Gasteiger partial charge >= 0.3 is 0 Å². The van der Waals surface area contributed by atoms with Crippen LogP contribution in [0, 0.1) is 10.1 Å². The standard InChI is InChI=1S/C18H12ClN3O4S/c19-12-4-2-5-13(10-12)20-18(27)21-17(23)16-8-7-15(26-16)11-3-1-6-14(9-11)22(24)25/h1-10H,(H2,20,21,23,27). The highest BCUT2D eigenvalue weighted by atomic mass is 35.5.